The van der Waals surface area contributed by atoms with Gasteiger partial charge in [-0.1, -0.05) is 29.3 Å². The fraction of sp³-hybridized carbons (Fsp3) is 0.600. The van der Waals surface area contributed by atoms with Crippen molar-refractivity contribution in [3.8, 4) is 5.75 Å². The molecule has 100 valence electrons. The highest BCUT2D eigenvalue weighted by Crippen LogP contribution is 2.27. The predicted molar refractivity (Wildman–Crippen MR) is 79.2 cm³/mol. The average molecular weight is 312 g/mol. The van der Waals surface area contributed by atoms with Crippen LogP contribution in [0.2, 0.25) is 0 Å². The molecule has 0 bridgehead atoms. The zero-order valence-electron chi connectivity index (χ0n) is 11.2. The van der Waals surface area contributed by atoms with E-state index in [2.05, 4.69) is 34.2 Å². The molecule has 1 fully saturated rings. The summed E-state index contributed by atoms with van der Waals surface area (Å²) in [5.74, 6) is 1.69. The number of methoxy groups -OCH3 is 1. The maximum atomic E-state index is 5.44. The van der Waals surface area contributed by atoms with Crippen molar-refractivity contribution in [2.75, 3.05) is 13.7 Å². The second-order valence-electron chi connectivity index (χ2n) is 5.12. The molecule has 0 heterocycles. The molecule has 1 unspecified atom stereocenters. The Bertz CT molecular complexity index is 390. The number of halogens is 1. The zero-order valence-corrected chi connectivity index (χ0v) is 12.8. The zero-order chi connectivity index (χ0) is 13.0. The molecule has 0 saturated heterocycles. The lowest BCUT2D eigenvalue weighted by molar-refractivity contribution is 0.398. The summed E-state index contributed by atoms with van der Waals surface area (Å²) >= 11 is 3.54. The van der Waals surface area contributed by atoms with E-state index in [0.29, 0.717) is 5.92 Å². The molecule has 1 saturated carbocycles. The Hall–Kier alpha value is -0.540. The monoisotopic (exact) mass is 311 g/mol. The van der Waals surface area contributed by atoms with E-state index in [1.165, 1.54) is 24.8 Å². The first-order chi connectivity index (χ1) is 8.72. The minimum atomic E-state index is 0.689. The fourth-order valence-electron chi connectivity index (χ4n) is 2.20. The second kappa shape index (κ2) is 6.58. The minimum Gasteiger partial charge on any atom is -0.496 e. The Balaban J connectivity index is 1.97. The van der Waals surface area contributed by atoms with Gasteiger partial charge in [0.05, 0.1) is 7.11 Å². The van der Waals surface area contributed by atoms with Gasteiger partial charge in [-0.15, -0.1) is 0 Å². The van der Waals surface area contributed by atoms with E-state index in [9.17, 15) is 0 Å². The van der Waals surface area contributed by atoms with Gasteiger partial charge in [0.2, 0.25) is 0 Å². The first-order valence-corrected chi connectivity index (χ1v) is 7.58. The highest BCUT2D eigenvalue weighted by Gasteiger charge is 2.21. The number of hydrogen-bond donors (Lipinski definition) is 1. The smallest absolute Gasteiger partial charge is 0.122 e. The van der Waals surface area contributed by atoms with Gasteiger partial charge in [-0.05, 0) is 55.5 Å². The Kier molecular flexibility index (Phi) is 5.07. The molecular weight excluding hydrogens is 290 g/mol. The van der Waals surface area contributed by atoms with Crippen molar-refractivity contribution in [1.29, 1.82) is 0 Å². The van der Waals surface area contributed by atoms with Gasteiger partial charge in [0.25, 0.3) is 0 Å². The molecule has 1 aliphatic carbocycles. The predicted octanol–water partition coefficient (Wildman–Crippen LogP) is 3.78. The SMILES string of the molecule is CCC(CNC1CC1)Cc1cc(Br)ccc1OC. The van der Waals surface area contributed by atoms with Crippen molar-refractivity contribution >= 4 is 15.9 Å². The van der Waals surface area contributed by atoms with Crippen LogP contribution >= 0.6 is 15.9 Å². The van der Waals surface area contributed by atoms with Gasteiger partial charge in [-0.2, -0.15) is 0 Å². The van der Waals surface area contributed by atoms with Crippen LogP contribution in [0.15, 0.2) is 22.7 Å². The van der Waals surface area contributed by atoms with Crippen LogP contribution < -0.4 is 10.1 Å². The largest absolute Gasteiger partial charge is 0.496 e. The van der Waals surface area contributed by atoms with E-state index in [4.69, 9.17) is 4.74 Å². The summed E-state index contributed by atoms with van der Waals surface area (Å²) in [5.41, 5.74) is 1.30. The second-order valence-corrected chi connectivity index (χ2v) is 6.03. The van der Waals surface area contributed by atoms with Crippen LogP contribution in [0.25, 0.3) is 0 Å². The van der Waals surface area contributed by atoms with E-state index in [1.54, 1.807) is 7.11 Å². The summed E-state index contributed by atoms with van der Waals surface area (Å²) < 4.78 is 6.57. The highest BCUT2D eigenvalue weighted by atomic mass is 79.9. The summed E-state index contributed by atoms with van der Waals surface area (Å²) in [6, 6.07) is 7.05. The number of rotatable bonds is 7. The molecular formula is C15H22BrNO. The van der Waals surface area contributed by atoms with Crippen LogP contribution in [0.5, 0.6) is 5.75 Å². The lowest BCUT2D eigenvalue weighted by Crippen LogP contribution is -2.25. The van der Waals surface area contributed by atoms with Gasteiger partial charge in [-0.3, -0.25) is 0 Å². The van der Waals surface area contributed by atoms with Gasteiger partial charge in [-0.25, -0.2) is 0 Å². The molecule has 0 radical (unpaired) electrons. The van der Waals surface area contributed by atoms with Crippen LogP contribution in [0, 0.1) is 5.92 Å². The van der Waals surface area contributed by atoms with Crippen LogP contribution in [0.3, 0.4) is 0 Å². The van der Waals surface area contributed by atoms with Crippen LogP contribution in [0.4, 0.5) is 0 Å². The third-order valence-corrected chi connectivity index (χ3v) is 4.09. The molecule has 1 atom stereocenters. The lowest BCUT2D eigenvalue weighted by Gasteiger charge is -2.17. The van der Waals surface area contributed by atoms with Crippen molar-refractivity contribution in [1.82, 2.24) is 5.32 Å². The van der Waals surface area contributed by atoms with Gasteiger partial charge >= 0.3 is 0 Å². The van der Waals surface area contributed by atoms with Gasteiger partial charge in [0.1, 0.15) is 5.75 Å². The molecule has 2 nitrogen and oxygen atoms in total. The third-order valence-electron chi connectivity index (χ3n) is 3.60. The molecule has 2 rings (SSSR count). The van der Waals surface area contributed by atoms with Crippen molar-refractivity contribution < 1.29 is 4.74 Å². The Morgan fingerprint density at radius 2 is 2.22 bits per heavy atom. The van der Waals surface area contributed by atoms with Crippen molar-refractivity contribution in [3.63, 3.8) is 0 Å². The fourth-order valence-corrected chi connectivity index (χ4v) is 2.61. The molecule has 0 spiro atoms. The summed E-state index contributed by atoms with van der Waals surface area (Å²) in [7, 11) is 1.75. The summed E-state index contributed by atoms with van der Waals surface area (Å²) in [6.45, 7) is 3.39. The summed E-state index contributed by atoms with van der Waals surface area (Å²) in [4.78, 5) is 0. The number of ether oxygens (including phenoxy) is 1. The molecule has 0 aliphatic heterocycles. The Morgan fingerprint density at radius 3 is 2.83 bits per heavy atom. The standard InChI is InChI=1S/C15H22BrNO/c1-3-11(10-17-14-5-6-14)8-12-9-13(16)4-7-15(12)18-2/h4,7,9,11,14,17H,3,5-6,8,10H2,1-2H3. The van der Waals surface area contributed by atoms with E-state index < -0.39 is 0 Å². The maximum Gasteiger partial charge on any atom is 0.122 e. The minimum absolute atomic E-state index is 0.689. The van der Waals surface area contributed by atoms with Crippen molar-refractivity contribution in [2.45, 2.75) is 38.6 Å². The van der Waals surface area contributed by atoms with E-state index in [1.807, 2.05) is 12.1 Å². The molecule has 1 aliphatic rings. The normalized spacial score (nSPS) is 16.6. The van der Waals surface area contributed by atoms with E-state index in [-0.39, 0.29) is 0 Å². The molecule has 1 aromatic carbocycles. The van der Waals surface area contributed by atoms with Crippen LogP contribution in [-0.4, -0.2) is 19.7 Å². The number of hydrogen-bond acceptors (Lipinski definition) is 2. The first kappa shape index (κ1) is 13.9. The molecule has 0 amide bonds. The highest BCUT2D eigenvalue weighted by molar-refractivity contribution is 9.10. The molecule has 1 N–H and O–H groups in total. The first-order valence-electron chi connectivity index (χ1n) is 6.78. The van der Waals surface area contributed by atoms with Crippen molar-refractivity contribution in [3.05, 3.63) is 28.2 Å². The maximum absolute atomic E-state index is 5.44. The summed E-state index contributed by atoms with van der Waals surface area (Å²) in [5, 5.41) is 3.63. The van der Waals surface area contributed by atoms with Crippen LogP contribution in [0.1, 0.15) is 31.7 Å². The third kappa shape index (κ3) is 3.99. The average Bonchev–Trinajstić information content (AvgIpc) is 3.18. The molecule has 18 heavy (non-hydrogen) atoms. The quantitative estimate of drug-likeness (QED) is 0.827. The number of nitrogens with one attached hydrogen (secondary N) is 1. The molecule has 0 aromatic heterocycles. The van der Waals surface area contributed by atoms with Crippen LogP contribution in [-0.2, 0) is 6.42 Å². The van der Waals surface area contributed by atoms with E-state index in [0.717, 1.165) is 29.2 Å². The topological polar surface area (TPSA) is 21.3 Å². The molecule has 1 aromatic rings. The Labute approximate surface area is 118 Å². The lowest BCUT2D eigenvalue weighted by atomic mass is 9.96. The number of benzene rings is 1. The van der Waals surface area contributed by atoms with E-state index >= 15 is 0 Å². The molecule has 3 heteroatoms. The van der Waals surface area contributed by atoms with Crippen molar-refractivity contribution in [2.24, 2.45) is 5.92 Å². The Morgan fingerprint density at radius 1 is 1.44 bits per heavy atom. The van der Waals surface area contributed by atoms with Gasteiger partial charge in [0, 0.05) is 10.5 Å². The van der Waals surface area contributed by atoms with Gasteiger partial charge in [0.15, 0.2) is 0 Å². The van der Waals surface area contributed by atoms with Gasteiger partial charge < -0.3 is 10.1 Å². The summed E-state index contributed by atoms with van der Waals surface area (Å²) in [6.07, 6.45) is 5.00.